The van der Waals surface area contributed by atoms with Crippen molar-refractivity contribution in [3.05, 3.63) is 59.7 Å². The molecule has 3 rings (SSSR count). The summed E-state index contributed by atoms with van der Waals surface area (Å²) in [4.78, 5) is 24.5. The number of carboxylic acids is 1. The van der Waals surface area contributed by atoms with Crippen molar-refractivity contribution >= 4 is 51.8 Å². The molecule has 0 saturated carbocycles. The number of carboxylic acid groups (broad SMARTS) is 1. The Labute approximate surface area is 191 Å². The molecule has 0 aliphatic carbocycles. The Hall–Kier alpha value is -3.39. The third-order valence-electron chi connectivity index (χ3n) is 5.02. The highest BCUT2D eigenvalue weighted by molar-refractivity contribution is 7.99. The van der Waals surface area contributed by atoms with E-state index in [1.54, 1.807) is 37.4 Å². The molecule has 0 aromatic heterocycles. The number of benzene rings is 3. The summed E-state index contributed by atoms with van der Waals surface area (Å²) in [6.07, 6.45) is 1.91. The Morgan fingerprint density at radius 1 is 0.938 bits per heavy atom. The van der Waals surface area contributed by atoms with Gasteiger partial charge >= 0.3 is 12.0 Å². The van der Waals surface area contributed by atoms with Crippen molar-refractivity contribution in [2.45, 2.75) is 26.2 Å². The number of methoxy groups -OCH3 is 1. The van der Waals surface area contributed by atoms with E-state index < -0.39 is 12.0 Å². The first-order chi connectivity index (χ1) is 15.2. The Morgan fingerprint density at radius 2 is 1.56 bits per heavy atom. The zero-order valence-electron chi connectivity index (χ0n) is 18.7. The molecule has 0 unspecified atom stereocenters. The van der Waals surface area contributed by atoms with Crippen LogP contribution in [-0.4, -0.2) is 30.5 Å². The molecule has 0 spiro atoms. The lowest BCUT2D eigenvalue weighted by atomic mass is 9.86. The summed E-state index contributed by atoms with van der Waals surface area (Å²) in [7, 11) is 1.55. The van der Waals surface area contributed by atoms with Crippen molar-refractivity contribution in [2.24, 2.45) is 0 Å². The molecular weight excluding hydrogens is 426 g/mol. The van der Waals surface area contributed by atoms with Gasteiger partial charge in [-0.25, -0.2) is 9.59 Å². The van der Waals surface area contributed by atoms with Crippen molar-refractivity contribution in [1.82, 2.24) is 0 Å². The van der Waals surface area contributed by atoms with Gasteiger partial charge in [-0.1, -0.05) is 57.0 Å². The maximum atomic E-state index is 12.9. The number of ether oxygens (including phenoxy) is 1. The number of carbonyl (C=O) groups excluding carboxylic acids is 1. The predicted molar refractivity (Wildman–Crippen MR) is 132 cm³/mol. The van der Waals surface area contributed by atoms with Gasteiger partial charge in [-0.2, -0.15) is 0 Å². The zero-order valence-corrected chi connectivity index (χ0v) is 19.5. The molecule has 168 valence electrons. The third-order valence-corrected chi connectivity index (χ3v) is 5.45. The molecule has 0 radical (unpaired) electrons. The molecule has 0 aliphatic rings. The van der Waals surface area contributed by atoms with Gasteiger partial charge in [0.2, 0.25) is 0 Å². The quantitative estimate of drug-likeness (QED) is 0.333. The van der Waals surface area contributed by atoms with Gasteiger partial charge in [0.25, 0.3) is 0 Å². The Balaban J connectivity index is 1.97. The minimum absolute atomic E-state index is 0.142. The van der Waals surface area contributed by atoms with Gasteiger partial charge in [0.05, 0.1) is 29.7 Å². The van der Waals surface area contributed by atoms with Gasteiger partial charge in [0.15, 0.2) is 5.75 Å². The van der Waals surface area contributed by atoms with Crippen LogP contribution in [0.1, 0.15) is 36.7 Å². The summed E-state index contributed by atoms with van der Waals surface area (Å²) in [5, 5.41) is 16.4. The number of carbonyl (C=O) groups is 2. The molecule has 2 amide bonds. The van der Waals surface area contributed by atoms with Crippen LogP contribution in [0.15, 0.2) is 48.5 Å². The molecule has 3 aromatic carbocycles. The van der Waals surface area contributed by atoms with E-state index in [-0.39, 0.29) is 11.0 Å². The lowest BCUT2D eigenvalue weighted by Gasteiger charge is -2.24. The lowest BCUT2D eigenvalue weighted by Crippen LogP contribution is -2.21. The molecule has 0 bridgehead atoms. The van der Waals surface area contributed by atoms with E-state index in [4.69, 9.17) is 4.74 Å². The van der Waals surface area contributed by atoms with Crippen LogP contribution in [0.4, 0.5) is 21.9 Å². The fourth-order valence-corrected chi connectivity index (χ4v) is 3.80. The Bertz CT molecular complexity index is 1170. The number of anilines is 3. The van der Waals surface area contributed by atoms with Crippen LogP contribution in [0, 0.1) is 0 Å². The summed E-state index contributed by atoms with van der Waals surface area (Å²) in [6.45, 7) is 6.28. The first kappa shape index (κ1) is 23.3. The topological polar surface area (TPSA) is 99.7 Å². The van der Waals surface area contributed by atoms with E-state index in [2.05, 4.69) is 36.1 Å². The number of hydrogen-bond acceptors (Lipinski definition) is 5. The second-order valence-electron chi connectivity index (χ2n) is 8.25. The Kier molecular flexibility index (Phi) is 6.84. The molecule has 32 heavy (non-hydrogen) atoms. The maximum Gasteiger partial charge on any atom is 0.336 e. The van der Waals surface area contributed by atoms with Gasteiger partial charge in [-0.15, -0.1) is 0 Å². The van der Waals surface area contributed by atoms with Gasteiger partial charge in [-0.05, 0) is 40.6 Å². The highest BCUT2D eigenvalue weighted by Gasteiger charge is 2.21. The van der Waals surface area contributed by atoms with Crippen molar-refractivity contribution in [3.63, 3.8) is 0 Å². The molecule has 7 nitrogen and oxygen atoms in total. The van der Waals surface area contributed by atoms with Gasteiger partial charge in [-0.3, -0.25) is 0 Å². The monoisotopic (exact) mass is 453 g/mol. The largest absolute Gasteiger partial charge is 0.492 e. The van der Waals surface area contributed by atoms with E-state index in [9.17, 15) is 14.7 Å². The number of fused-ring (bicyclic) bond motifs is 1. The highest BCUT2D eigenvalue weighted by atomic mass is 32.2. The van der Waals surface area contributed by atoms with E-state index in [0.717, 1.165) is 11.3 Å². The summed E-state index contributed by atoms with van der Waals surface area (Å²) in [6, 6.07) is 13.6. The van der Waals surface area contributed by atoms with E-state index in [1.165, 1.54) is 18.0 Å². The fraction of sp³-hybridized carbons (Fsp3) is 0.250. The van der Waals surface area contributed by atoms with Crippen molar-refractivity contribution in [3.8, 4) is 5.75 Å². The van der Waals surface area contributed by atoms with Crippen molar-refractivity contribution in [2.75, 3.05) is 28.7 Å². The highest BCUT2D eigenvalue weighted by Crippen LogP contribution is 2.39. The SMILES string of the molecule is COc1c(NSC)cc(C(C)(C)C)cc1NC(=O)Nc1ccc(C(=O)O)c2ccccc12. The van der Waals surface area contributed by atoms with E-state index >= 15 is 0 Å². The standard InChI is InChI=1S/C24H27N3O4S/c1-24(2,3)14-12-19(21(31-4)20(13-14)27-32-5)26-23(30)25-18-11-10-17(22(28)29)15-8-6-7-9-16(15)18/h6-13,27H,1-5H3,(H,28,29)(H2,25,26,30). The lowest BCUT2D eigenvalue weighted by molar-refractivity contribution is 0.0699. The molecule has 0 aliphatic heterocycles. The molecular formula is C24H27N3O4S. The molecule has 4 N–H and O–H groups in total. The minimum atomic E-state index is -1.02. The molecule has 0 heterocycles. The number of rotatable bonds is 6. The van der Waals surface area contributed by atoms with Crippen LogP contribution in [0.25, 0.3) is 10.8 Å². The third kappa shape index (κ3) is 4.91. The summed E-state index contributed by atoms with van der Waals surface area (Å²) >= 11 is 1.43. The second-order valence-corrected chi connectivity index (χ2v) is 8.86. The Morgan fingerprint density at radius 3 is 2.16 bits per heavy atom. The van der Waals surface area contributed by atoms with E-state index in [1.807, 2.05) is 18.4 Å². The van der Waals surface area contributed by atoms with Crippen LogP contribution >= 0.6 is 11.9 Å². The number of hydrogen-bond donors (Lipinski definition) is 4. The van der Waals surface area contributed by atoms with Gasteiger partial charge in [0, 0.05) is 11.6 Å². The second kappa shape index (κ2) is 9.40. The molecule has 0 atom stereocenters. The van der Waals surface area contributed by atoms with Crippen LogP contribution in [-0.2, 0) is 5.41 Å². The first-order valence-corrected chi connectivity index (χ1v) is 11.2. The predicted octanol–water partition coefficient (Wildman–Crippen LogP) is 6.18. The summed E-state index contributed by atoms with van der Waals surface area (Å²) in [5.74, 6) is -0.497. The van der Waals surface area contributed by atoms with Crippen LogP contribution < -0.4 is 20.1 Å². The van der Waals surface area contributed by atoms with Crippen LogP contribution in [0.2, 0.25) is 0 Å². The summed E-state index contributed by atoms with van der Waals surface area (Å²) < 4.78 is 8.78. The fourth-order valence-electron chi connectivity index (χ4n) is 3.43. The number of nitrogens with one attached hydrogen (secondary N) is 3. The first-order valence-electron chi connectivity index (χ1n) is 10.00. The van der Waals surface area contributed by atoms with Crippen LogP contribution in [0.3, 0.4) is 0 Å². The number of amides is 2. The van der Waals surface area contributed by atoms with Gasteiger partial charge in [0.1, 0.15) is 0 Å². The molecule has 8 heteroatoms. The van der Waals surface area contributed by atoms with Crippen molar-refractivity contribution in [1.29, 1.82) is 0 Å². The van der Waals surface area contributed by atoms with Crippen molar-refractivity contribution < 1.29 is 19.4 Å². The normalized spacial score (nSPS) is 11.2. The molecule has 0 fully saturated rings. The van der Waals surface area contributed by atoms with Crippen LogP contribution in [0.5, 0.6) is 5.75 Å². The average molecular weight is 454 g/mol. The molecule has 3 aromatic rings. The average Bonchev–Trinajstić information content (AvgIpc) is 2.73. The summed E-state index contributed by atoms with van der Waals surface area (Å²) in [5.41, 5.74) is 2.87. The smallest absolute Gasteiger partial charge is 0.336 e. The maximum absolute atomic E-state index is 12.9. The van der Waals surface area contributed by atoms with Gasteiger partial charge < -0.3 is 25.2 Å². The number of urea groups is 1. The zero-order chi connectivity index (χ0) is 23.5. The minimum Gasteiger partial charge on any atom is -0.492 e. The molecule has 0 saturated heterocycles. The number of aromatic carboxylic acids is 1. The van der Waals surface area contributed by atoms with E-state index in [0.29, 0.717) is 27.9 Å².